The Morgan fingerprint density at radius 1 is 1.15 bits per heavy atom. The van der Waals surface area contributed by atoms with Crippen LogP contribution in [0.15, 0.2) is 42.5 Å². The van der Waals surface area contributed by atoms with Crippen molar-refractivity contribution in [2.24, 2.45) is 11.8 Å². The summed E-state index contributed by atoms with van der Waals surface area (Å²) in [5, 5.41) is 29.2. The molecule has 2 rings (SSSR count). The van der Waals surface area contributed by atoms with Gasteiger partial charge in [0.2, 0.25) is 0 Å². The summed E-state index contributed by atoms with van der Waals surface area (Å²) in [4.78, 5) is 10.5. The van der Waals surface area contributed by atoms with Crippen LogP contribution in [0.4, 0.5) is 0 Å². The molecule has 0 heterocycles. The first-order chi connectivity index (χ1) is 13.1. The average molecular weight is 375 g/mol. The third-order valence-electron chi connectivity index (χ3n) is 5.75. The van der Waals surface area contributed by atoms with Crippen molar-refractivity contribution in [3.05, 3.63) is 48.0 Å². The van der Waals surface area contributed by atoms with E-state index in [1.807, 2.05) is 24.3 Å². The Morgan fingerprint density at radius 2 is 1.93 bits per heavy atom. The van der Waals surface area contributed by atoms with Gasteiger partial charge in [-0.1, -0.05) is 42.5 Å². The van der Waals surface area contributed by atoms with Gasteiger partial charge in [0.15, 0.2) is 0 Å². The van der Waals surface area contributed by atoms with Crippen LogP contribution < -0.4 is 0 Å². The Morgan fingerprint density at radius 3 is 2.67 bits per heavy atom. The molecule has 1 saturated carbocycles. The van der Waals surface area contributed by atoms with Gasteiger partial charge in [-0.25, -0.2) is 0 Å². The summed E-state index contributed by atoms with van der Waals surface area (Å²) in [6.45, 7) is 0. The zero-order chi connectivity index (χ0) is 19.5. The van der Waals surface area contributed by atoms with Gasteiger partial charge in [-0.3, -0.25) is 4.79 Å². The van der Waals surface area contributed by atoms with Crippen LogP contribution >= 0.6 is 0 Å². The summed E-state index contributed by atoms with van der Waals surface area (Å²) in [7, 11) is 0. The highest BCUT2D eigenvalue weighted by atomic mass is 16.4. The summed E-state index contributed by atoms with van der Waals surface area (Å²) in [6, 6.07) is 10.3. The van der Waals surface area contributed by atoms with Gasteiger partial charge in [0.05, 0.1) is 12.2 Å². The fourth-order valence-electron chi connectivity index (χ4n) is 4.11. The molecule has 4 nitrogen and oxygen atoms in total. The van der Waals surface area contributed by atoms with E-state index in [4.69, 9.17) is 5.11 Å². The highest BCUT2D eigenvalue weighted by Gasteiger charge is 2.33. The molecule has 0 amide bonds. The van der Waals surface area contributed by atoms with Gasteiger partial charge in [-0.2, -0.15) is 0 Å². The van der Waals surface area contributed by atoms with E-state index >= 15 is 0 Å². The maximum atomic E-state index is 10.5. The molecule has 0 aromatic heterocycles. The second kappa shape index (κ2) is 11.9. The largest absolute Gasteiger partial charge is 0.481 e. The molecule has 150 valence electrons. The molecule has 1 aliphatic carbocycles. The third-order valence-corrected chi connectivity index (χ3v) is 5.75. The number of carboxylic acids is 1. The van der Waals surface area contributed by atoms with Crippen molar-refractivity contribution in [3.63, 3.8) is 0 Å². The summed E-state index contributed by atoms with van der Waals surface area (Å²) in [5.41, 5.74) is 1.26. The molecule has 0 radical (unpaired) electrons. The first-order valence-corrected chi connectivity index (χ1v) is 10.3. The zero-order valence-electron chi connectivity index (χ0n) is 16.2. The summed E-state index contributed by atoms with van der Waals surface area (Å²) >= 11 is 0. The van der Waals surface area contributed by atoms with Crippen LogP contribution in [0, 0.1) is 11.8 Å². The van der Waals surface area contributed by atoms with Crippen molar-refractivity contribution in [1.82, 2.24) is 0 Å². The van der Waals surface area contributed by atoms with Gasteiger partial charge in [0, 0.05) is 6.42 Å². The van der Waals surface area contributed by atoms with E-state index in [0.29, 0.717) is 12.3 Å². The van der Waals surface area contributed by atoms with E-state index in [2.05, 4.69) is 18.2 Å². The number of hydrogen-bond acceptors (Lipinski definition) is 3. The molecule has 0 aliphatic heterocycles. The lowest BCUT2D eigenvalue weighted by Crippen LogP contribution is -2.20. The van der Waals surface area contributed by atoms with E-state index in [1.165, 1.54) is 5.56 Å². The smallest absolute Gasteiger partial charge is 0.303 e. The van der Waals surface area contributed by atoms with Crippen molar-refractivity contribution >= 4 is 5.97 Å². The molecule has 27 heavy (non-hydrogen) atoms. The fourth-order valence-corrected chi connectivity index (χ4v) is 4.11. The number of allylic oxidation sites excluding steroid dienone is 2. The number of carboxylic acid groups (broad SMARTS) is 1. The van der Waals surface area contributed by atoms with Crippen LogP contribution in [-0.2, 0) is 11.2 Å². The Balaban J connectivity index is 1.67. The first-order valence-electron chi connectivity index (χ1n) is 10.3. The maximum absolute atomic E-state index is 10.5. The lowest BCUT2D eigenvalue weighted by atomic mass is 9.86. The van der Waals surface area contributed by atoms with Gasteiger partial charge in [0.1, 0.15) is 0 Å². The summed E-state index contributed by atoms with van der Waals surface area (Å²) in [5.74, 6) is -0.0161. The highest BCUT2D eigenvalue weighted by molar-refractivity contribution is 5.66. The minimum absolute atomic E-state index is 0.208. The molecule has 4 atom stereocenters. The van der Waals surface area contributed by atoms with Gasteiger partial charge in [-0.05, 0) is 75.2 Å². The predicted octanol–water partition coefficient (Wildman–Crippen LogP) is 4.35. The average Bonchev–Trinajstić information content (AvgIpc) is 3.01. The number of unbranched alkanes of at least 4 members (excludes halogenated alkanes) is 1. The van der Waals surface area contributed by atoms with E-state index in [1.54, 1.807) is 0 Å². The van der Waals surface area contributed by atoms with Crippen LogP contribution in [0.3, 0.4) is 0 Å². The van der Waals surface area contributed by atoms with Gasteiger partial charge < -0.3 is 15.3 Å². The fraction of sp³-hybridized carbons (Fsp3) is 0.609. The van der Waals surface area contributed by atoms with Crippen LogP contribution in [0.1, 0.15) is 63.4 Å². The maximum Gasteiger partial charge on any atom is 0.303 e. The minimum Gasteiger partial charge on any atom is -0.481 e. The number of aliphatic hydroxyl groups excluding tert-OH is 2. The van der Waals surface area contributed by atoms with Crippen molar-refractivity contribution < 1.29 is 20.1 Å². The molecular weight excluding hydrogens is 340 g/mol. The van der Waals surface area contributed by atoms with Gasteiger partial charge in [0.25, 0.3) is 0 Å². The molecule has 1 fully saturated rings. The quantitative estimate of drug-likeness (QED) is 0.375. The monoisotopic (exact) mass is 374 g/mol. The molecule has 0 unspecified atom stereocenters. The number of aliphatic carboxylic acids is 1. The highest BCUT2D eigenvalue weighted by Crippen LogP contribution is 2.38. The number of benzene rings is 1. The number of hydrogen-bond donors (Lipinski definition) is 3. The second-order valence-corrected chi connectivity index (χ2v) is 7.82. The molecule has 0 spiro atoms. The summed E-state index contributed by atoms with van der Waals surface area (Å²) in [6.07, 6.45) is 11.4. The second-order valence-electron chi connectivity index (χ2n) is 7.82. The van der Waals surface area contributed by atoms with Crippen molar-refractivity contribution in [2.75, 3.05) is 0 Å². The molecule has 1 aromatic carbocycles. The molecule has 3 N–H and O–H groups in total. The Bertz CT molecular complexity index is 569. The Hall–Kier alpha value is -1.65. The van der Waals surface area contributed by atoms with Crippen LogP contribution in [0.5, 0.6) is 0 Å². The van der Waals surface area contributed by atoms with E-state index in [0.717, 1.165) is 51.4 Å². The lowest BCUT2D eigenvalue weighted by Gasteiger charge is -2.22. The van der Waals surface area contributed by atoms with E-state index in [-0.39, 0.29) is 24.5 Å². The standard InChI is InChI=1S/C23H34O4/c24-20(15-12-18-8-4-3-5-9-18)16-13-19-14-17-22(25)21(19)10-6-1-2-7-11-23(26)27/h1,3-6,8-9,19-22,24-25H,2,7,10-17H2,(H,26,27)/b6-1-/t19-,20-,21+,22-/m0/s1. The normalized spacial score (nSPS) is 23.7. The van der Waals surface area contributed by atoms with Crippen LogP contribution in [0.2, 0.25) is 0 Å². The topological polar surface area (TPSA) is 77.8 Å². The molecule has 4 heteroatoms. The number of aliphatic hydroxyl groups is 2. The van der Waals surface area contributed by atoms with E-state index in [9.17, 15) is 15.0 Å². The van der Waals surface area contributed by atoms with Crippen molar-refractivity contribution in [1.29, 1.82) is 0 Å². The molecular formula is C23H34O4. The lowest BCUT2D eigenvalue weighted by molar-refractivity contribution is -0.137. The SMILES string of the molecule is O=C(O)CCC/C=C\C[C@@H]1[C@@H](CC[C@@H](O)CCc2ccccc2)CC[C@@H]1O. The minimum atomic E-state index is -0.750. The number of rotatable bonds is 12. The molecule has 1 aliphatic rings. The molecule has 0 bridgehead atoms. The molecule has 0 saturated heterocycles. The van der Waals surface area contributed by atoms with Crippen molar-refractivity contribution in [2.45, 2.75) is 76.4 Å². The first kappa shape index (κ1) is 21.6. The number of aryl methyl sites for hydroxylation is 1. The van der Waals surface area contributed by atoms with Crippen LogP contribution in [-0.4, -0.2) is 33.5 Å². The van der Waals surface area contributed by atoms with Crippen LogP contribution in [0.25, 0.3) is 0 Å². The number of carbonyl (C=O) groups is 1. The van der Waals surface area contributed by atoms with Crippen molar-refractivity contribution in [3.8, 4) is 0 Å². The molecule has 1 aromatic rings. The van der Waals surface area contributed by atoms with E-state index < -0.39 is 5.97 Å². The summed E-state index contributed by atoms with van der Waals surface area (Å²) < 4.78 is 0. The van der Waals surface area contributed by atoms with Gasteiger partial charge >= 0.3 is 5.97 Å². The van der Waals surface area contributed by atoms with Gasteiger partial charge in [-0.15, -0.1) is 0 Å². The predicted molar refractivity (Wildman–Crippen MR) is 107 cm³/mol. The zero-order valence-corrected chi connectivity index (χ0v) is 16.2. The Kier molecular flexibility index (Phi) is 9.57. The Labute approximate surface area is 162 Å². The third kappa shape index (κ3) is 8.27.